The van der Waals surface area contributed by atoms with Gasteiger partial charge in [0.25, 0.3) is 0 Å². The average molecular weight is 334 g/mol. The Bertz CT molecular complexity index is 550. The second-order valence-electron chi connectivity index (χ2n) is 7.66. The number of rotatable bonds is 3. The van der Waals surface area contributed by atoms with Gasteiger partial charge in [0.2, 0.25) is 0 Å². The molecule has 23 heavy (non-hydrogen) atoms. The first kappa shape index (κ1) is 19.6. The van der Waals surface area contributed by atoms with Gasteiger partial charge in [0, 0.05) is 11.6 Å². The number of halogens is 3. The Labute approximate surface area is 135 Å². The molecule has 0 bridgehead atoms. The van der Waals surface area contributed by atoms with Gasteiger partial charge in [0.1, 0.15) is 22.7 Å². The summed E-state index contributed by atoms with van der Waals surface area (Å²) in [6.45, 7) is 11.4. The van der Waals surface area contributed by atoms with Crippen molar-refractivity contribution in [2.45, 2.75) is 71.4 Å². The molecular formula is C17H25F3O3. The number of ether oxygens (including phenoxy) is 2. The predicted octanol–water partition coefficient (Wildman–Crippen LogP) is 4.81. The molecule has 1 rings (SSSR count). The molecule has 1 aromatic carbocycles. The van der Waals surface area contributed by atoms with Crippen molar-refractivity contribution in [2.24, 2.45) is 0 Å². The second-order valence-corrected chi connectivity index (χ2v) is 7.66. The van der Waals surface area contributed by atoms with Gasteiger partial charge in [-0.15, -0.1) is 0 Å². The molecule has 132 valence electrons. The van der Waals surface area contributed by atoms with Crippen molar-refractivity contribution in [3.05, 3.63) is 23.8 Å². The molecule has 0 radical (unpaired) electrons. The third-order valence-corrected chi connectivity index (χ3v) is 2.87. The molecule has 6 heteroatoms. The Morgan fingerprint density at radius 2 is 1.30 bits per heavy atom. The van der Waals surface area contributed by atoms with Crippen LogP contribution in [-0.4, -0.2) is 22.5 Å². The summed E-state index contributed by atoms with van der Waals surface area (Å²) in [5.74, 6) is 0.319. The van der Waals surface area contributed by atoms with Crippen LogP contribution < -0.4 is 9.47 Å². The molecule has 1 atom stereocenters. The number of benzene rings is 1. The summed E-state index contributed by atoms with van der Waals surface area (Å²) in [5.41, 5.74) is -4.60. The maximum atomic E-state index is 13.2. The molecule has 0 aromatic heterocycles. The van der Waals surface area contributed by atoms with Crippen LogP contribution in [0.5, 0.6) is 11.5 Å². The number of hydrogen-bond acceptors (Lipinski definition) is 3. The topological polar surface area (TPSA) is 38.7 Å². The van der Waals surface area contributed by atoms with E-state index in [1.807, 2.05) is 20.8 Å². The SMILES string of the molecule is CC(C)(C)Oc1ccc(C(C)(O)C(F)(F)F)c(OC(C)(C)C)c1. The quantitative estimate of drug-likeness (QED) is 0.862. The molecule has 0 aliphatic heterocycles. The fourth-order valence-electron chi connectivity index (χ4n) is 1.89. The zero-order valence-corrected chi connectivity index (χ0v) is 14.6. The maximum absolute atomic E-state index is 13.2. The predicted molar refractivity (Wildman–Crippen MR) is 82.8 cm³/mol. The summed E-state index contributed by atoms with van der Waals surface area (Å²) in [6, 6.07) is 3.97. The Kier molecular flexibility index (Phi) is 5.02. The summed E-state index contributed by atoms with van der Waals surface area (Å²) in [7, 11) is 0. The van der Waals surface area contributed by atoms with Crippen molar-refractivity contribution in [1.82, 2.24) is 0 Å². The van der Waals surface area contributed by atoms with Crippen LogP contribution in [0.25, 0.3) is 0 Å². The normalized spacial score (nSPS) is 16.0. The van der Waals surface area contributed by atoms with E-state index >= 15 is 0 Å². The van der Waals surface area contributed by atoms with Crippen LogP contribution in [0.2, 0.25) is 0 Å². The van der Waals surface area contributed by atoms with Crippen LogP contribution in [0.15, 0.2) is 18.2 Å². The van der Waals surface area contributed by atoms with Crippen LogP contribution in [0.1, 0.15) is 54.0 Å². The molecule has 0 heterocycles. The van der Waals surface area contributed by atoms with Crippen LogP contribution in [0, 0.1) is 0 Å². The monoisotopic (exact) mass is 334 g/mol. The van der Waals surface area contributed by atoms with E-state index in [1.54, 1.807) is 20.8 Å². The van der Waals surface area contributed by atoms with E-state index in [0.717, 1.165) is 0 Å². The van der Waals surface area contributed by atoms with Crippen molar-refractivity contribution < 1.29 is 27.8 Å². The van der Waals surface area contributed by atoms with Crippen LogP contribution in [0.3, 0.4) is 0 Å². The fourth-order valence-corrected chi connectivity index (χ4v) is 1.89. The first-order valence-corrected chi connectivity index (χ1v) is 7.35. The van der Waals surface area contributed by atoms with Crippen LogP contribution in [-0.2, 0) is 5.60 Å². The zero-order valence-electron chi connectivity index (χ0n) is 14.6. The first-order chi connectivity index (χ1) is 10.0. The molecule has 0 saturated carbocycles. The summed E-state index contributed by atoms with van der Waals surface area (Å²) >= 11 is 0. The van der Waals surface area contributed by atoms with Gasteiger partial charge in [-0.3, -0.25) is 0 Å². The fraction of sp³-hybridized carbons (Fsp3) is 0.647. The summed E-state index contributed by atoms with van der Waals surface area (Å²) in [4.78, 5) is 0. The highest BCUT2D eigenvalue weighted by Gasteiger charge is 2.52. The van der Waals surface area contributed by atoms with E-state index in [1.165, 1.54) is 18.2 Å². The van der Waals surface area contributed by atoms with Gasteiger partial charge in [0.15, 0.2) is 5.60 Å². The van der Waals surface area contributed by atoms with E-state index < -0.39 is 23.0 Å². The highest BCUT2D eigenvalue weighted by molar-refractivity contribution is 5.45. The largest absolute Gasteiger partial charge is 0.488 e. The van der Waals surface area contributed by atoms with Gasteiger partial charge in [0.05, 0.1) is 0 Å². The zero-order chi connectivity index (χ0) is 18.3. The average Bonchev–Trinajstić information content (AvgIpc) is 2.22. The van der Waals surface area contributed by atoms with Crippen LogP contribution >= 0.6 is 0 Å². The van der Waals surface area contributed by atoms with E-state index in [-0.39, 0.29) is 11.3 Å². The smallest absolute Gasteiger partial charge is 0.421 e. The van der Waals surface area contributed by atoms with E-state index in [4.69, 9.17) is 9.47 Å². The van der Waals surface area contributed by atoms with Crippen LogP contribution in [0.4, 0.5) is 13.2 Å². The molecule has 0 aliphatic rings. The highest BCUT2D eigenvalue weighted by atomic mass is 19.4. The lowest BCUT2D eigenvalue weighted by Crippen LogP contribution is -2.40. The highest BCUT2D eigenvalue weighted by Crippen LogP contribution is 2.44. The first-order valence-electron chi connectivity index (χ1n) is 7.35. The van der Waals surface area contributed by atoms with Gasteiger partial charge in [-0.05, 0) is 60.6 Å². The minimum atomic E-state index is -4.82. The van der Waals surface area contributed by atoms with Crippen molar-refractivity contribution in [3.63, 3.8) is 0 Å². The second kappa shape index (κ2) is 5.89. The van der Waals surface area contributed by atoms with Gasteiger partial charge in [-0.25, -0.2) is 0 Å². The Morgan fingerprint density at radius 3 is 1.70 bits per heavy atom. The van der Waals surface area contributed by atoms with Gasteiger partial charge < -0.3 is 14.6 Å². The van der Waals surface area contributed by atoms with E-state index in [2.05, 4.69) is 0 Å². The minimum Gasteiger partial charge on any atom is -0.488 e. The summed E-state index contributed by atoms with van der Waals surface area (Å²) < 4.78 is 50.8. The number of alkyl halides is 3. The Hall–Kier alpha value is -1.43. The third-order valence-electron chi connectivity index (χ3n) is 2.87. The van der Waals surface area contributed by atoms with E-state index in [0.29, 0.717) is 12.7 Å². The summed E-state index contributed by atoms with van der Waals surface area (Å²) in [6.07, 6.45) is -4.82. The third kappa shape index (κ3) is 5.30. The number of aliphatic hydroxyl groups is 1. The van der Waals surface area contributed by atoms with Crippen molar-refractivity contribution in [2.75, 3.05) is 0 Å². The Morgan fingerprint density at radius 1 is 0.826 bits per heavy atom. The molecular weight excluding hydrogens is 309 g/mol. The molecule has 1 unspecified atom stereocenters. The molecule has 0 saturated heterocycles. The molecule has 1 aromatic rings. The van der Waals surface area contributed by atoms with Gasteiger partial charge in [-0.2, -0.15) is 13.2 Å². The van der Waals surface area contributed by atoms with Crippen molar-refractivity contribution >= 4 is 0 Å². The molecule has 3 nitrogen and oxygen atoms in total. The van der Waals surface area contributed by atoms with Gasteiger partial charge in [-0.1, -0.05) is 0 Å². The number of hydrogen-bond donors (Lipinski definition) is 1. The standard InChI is InChI=1S/C17H25F3O3/c1-14(2,3)22-11-8-9-12(16(7,21)17(18,19)20)13(10-11)23-15(4,5)6/h8-10,21H,1-7H3. The molecule has 0 spiro atoms. The lowest BCUT2D eigenvalue weighted by atomic mass is 9.94. The summed E-state index contributed by atoms with van der Waals surface area (Å²) in [5, 5.41) is 9.98. The maximum Gasteiger partial charge on any atom is 0.421 e. The van der Waals surface area contributed by atoms with E-state index in [9.17, 15) is 18.3 Å². The Balaban J connectivity index is 3.41. The van der Waals surface area contributed by atoms with Crippen molar-refractivity contribution in [1.29, 1.82) is 0 Å². The van der Waals surface area contributed by atoms with Crippen molar-refractivity contribution in [3.8, 4) is 11.5 Å². The molecule has 1 N–H and O–H groups in total. The lowest BCUT2D eigenvalue weighted by molar-refractivity contribution is -0.259. The molecule has 0 fully saturated rings. The van der Waals surface area contributed by atoms with Gasteiger partial charge >= 0.3 is 6.18 Å². The molecule has 0 aliphatic carbocycles. The lowest BCUT2D eigenvalue weighted by Gasteiger charge is -2.32. The molecule has 0 amide bonds. The minimum absolute atomic E-state index is 0.0541.